The van der Waals surface area contributed by atoms with Crippen molar-refractivity contribution in [2.24, 2.45) is 7.05 Å². The fourth-order valence-corrected chi connectivity index (χ4v) is 0.701. The van der Waals surface area contributed by atoms with Gasteiger partial charge in [-0.2, -0.15) is 0 Å². The number of aryl methyl sites for hydroxylation is 1. The molecule has 0 aliphatic rings. The predicted molar refractivity (Wildman–Crippen MR) is 37.7 cm³/mol. The first-order chi connectivity index (χ1) is 5.54. The Morgan fingerprint density at radius 1 is 1.42 bits per heavy atom. The summed E-state index contributed by atoms with van der Waals surface area (Å²) in [7, 11) is 1.53. The summed E-state index contributed by atoms with van der Waals surface area (Å²) in [5.74, 6) is -2.22. The molecule has 12 heavy (non-hydrogen) atoms. The van der Waals surface area contributed by atoms with Gasteiger partial charge in [-0.3, -0.25) is 4.79 Å². The molecule has 0 fully saturated rings. The summed E-state index contributed by atoms with van der Waals surface area (Å²) < 4.78 is 1.33. The largest absolute Gasteiger partial charge is 0.475 e. The highest BCUT2D eigenvalue weighted by atomic mass is 16.4. The van der Waals surface area contributed by atoms with Crippen LogP contribution in [0.2, 0.25) is 0 Å². The number of ketones is 1. The third kappa shape index (κ3) is 1.18. The first-order valence-electron chi connectivity index (χ1n) is 3.17. The van der Waals surface area contributed by atoms with Crippen LogP contribution in [0.3, 0.4) is 0 Å². The molecule has 0 radical (unpaired) electrons. The molecule has 1 rings (SSSR count). The third-order valence-corrected chi connectivity index (χ3v) is 1.49. The lowest BCUT2D eigenvalue weighted by Gasteiger charge is -1.95. The van der Waals surface area contributed by atoms with Crippen molar-refractivity contribution in [3.05, 3.63) is 11.6 Å². The van der Waals surface area contributed by atoms with Crippen LogP contribution in [-0.4, -0.2) is 31.6 Å². The zero-order chi connectivity index (χ0) is 9.30. The molecule has 0 saturated heterocycles. The van der Waals surface area contributed by atoms with E-state index in [9.17, 15) is 9.59 Å². The van der Waals surface area contributed by atoms with Gasteiger partial charge in [-0.05, 0) is 6.92 Å². The lowest BCUT2D eigenvalue weighted by molar-refractivity contribution is -0.131. The minimum absolute atomic E-state index is 0.153. The molecule has 0 aliphatic carbocycles. The van der Waals surface area contributed by atoms with E-state index in [0.29, 0.717) is 5.82 Å². The summed E-state index contributed by atoms with van der Waals surface area (Å²) in [6.07, 6.45) is 0. The molecule has 0 atom stereocenters. The van der Waals surface area contributed by atoms with Crippen LogP contribution in [-0.2, 0) is 11.8 Å². The van der Waals surface area contributed by atoms with Crippen LogP contribution in [0, 0.1) is 6.92 Å². The predicted octanol–water partition coefficient (Wildman–Crippen LogP) is -0.609. The molecule has 0 aromatic carbocycles. The molecule has 1 aromatic heterocycles. The van der Waals surface area contributed by atoms with Crippen LogP contribution < -0.4 is 0 Å². The maximum atomic E-state index is 10.9. The van der Waals surface area contributed by atoms with E-state index < -0.39 is 11.8 Å². The number of rotatable bonds is 2. The van der Waals surface area contributed by atoms with E-state index in [-0.39, 0.29) is 5.82 Å². The summed E-state index contributed by atoms with van der Waals surface area (Å²) in [6.45, 7) is 1.63. The summed E-state index contributed by atoms with van der Waals surface area (Å²) in [5.41, 5.74) is 0. The van der Waals surface area contributed by atoms with Crippen LogP contribution >= 0.6 is 0 Å². The van der Waals surface area contributed by atoms with E-state index in [1.807, 2.05) is 0 Å². The average Bonchev–Trinajstić information content (AvgIpc) is 2.32. The van der Waals surface area contributed by atoms with E-state index in [0.717, 1.165) is 0 Å². The van der Waals surface area contributed by atoms with Crippen molar-refractivity contribution in [2.45, 2.75) is 6.92 Å². The Kier molecular flexibility index (Phi) is 1.90. The van der Waals surface area contributed by atoms with Gasteiger partial charge < -0.3 is 9.67 Å². The molecular weight excluding hydrogens is 162 g/mol. The van der Waals surface area contributed by atoms with Gasteiger partial charge in [0.25, 0.3) is 0 Å². The van der Waals surface area contributed by atoms with E-state index >= 15 is 0 Å². The number of hydrogen-bond acceptors (Lipinski definition) is 4. The Hall–Kier alpha value is -1.72. The van der Waals surface area contributed by atoms with Gasteiger partial charge in [0.05, 0.1) is 0 Å². The number of carboxylic acid groups (broad SMARTS) is 1. The quantitative estimate of drug-likeness (QED) is 0.471. The number of aromatic nitrogens is 3. The summed E-state index contributed by atoms with van der Waals surface area (Å²) in [5, 5.41) is 15.3. The molecule has 1 aromatic rings. The van der Waals surface area contributed by atoms with E-state index in [4.69, 9.17) is 5.11 Å². The van der Waals surface area contributed by atoms with Crippen LogP contribution in [0.5, 0.6) is 0 Å². The highest BCUT2D eigenvalue weighted by Crippen LogP contribution is 1.98. The summed E-state index contributed by atoms with van der Waals surface area (Å²) in [6, 6.07) is 0. The van der Waals surface area contributed by atoms with Crippen LogP contribution in [0.15, 0.2) is 0 Å². The van der Waals surface area contributed by atoms with Crippen molar-refractivity contribution < 1.29 is 14.7 Å². The Morgan fingerprint density at radius 2 is 2.00 bits per heavy atom. The number of carboxylic acids is 1. The molecule has 64 valence electrons. The van der Waals surface area contributed by atoms with Gasteiger partial charge in [-0.1, -0.05) is 0 Å². The molecule has 0 bridgehead atoms. The zero-order valence-electron chi connectivity index (χ0n) is 6.61. The van der Waals surface area contributed by atoms with Gasteiger partial charge in [0.2, 0.25) is 5.82 Å². The van der Waals surface area contributed by atoms with Crippen LogP contribution in [0.25, 0.3) is 0 Å². The smallest absolute Gasteiger partial charge is 0.380 e. The summed E-state index contributed by atoms with van der Waals surface area (Å²) in [4.78, 5) is 21.1. The van der Waals surface area contributed by atoms with Gasteiger partial charge in [0, 0.05) is 7.05 Å². The van der Waals surface area contributed by atoms with E-state index in [2.05, 4.69) is 10.2 Å². The fourth-order valence-electron chi connectivity index (χ4n) is 0.701. The monoisotopic (exact) mass is 169 g/mol. The first-order valence-corrected chi connectivity index (χ1v) is 3.17. The molecule has 0 saturated carbocycles. The Bertz CT molecular complexity index is 342. The van der Waals surface area contributed by atoms with Crippen molar-refractivity contribution in [3.63, 3.8) is 0 Å². The highest BCUT2D eigenvalue weighted by Gasteiger charge is 2.20. The number of carbonyl (C=O) groups excluding carboxylic acids is 1. The Morgan fingerprint density at radius 3 is 2.33 bits per heavy atom. The maximum Gasteiger partial charge on any atom is 0.380 e. The molecule has 6 nitrogen and oxygen atoms in total. The van der Waals surface area contributed by atoms with Gasteiger partial charge in [0.15, 0.2) is 0 Å². The SMILES string of the molecule is Cc1nnc(C(=O)C(=O)O)n1C. The Labute approximate surface area is 67.8 Å². The first kappa shape index (κ1) is 8.38. The molecule has 0 aliphatic heterocycles. The second-order valence-corrected chi connectivity index (χ2v) is 2.26. The molecule has 0 unspecified atom stereocenters. The minimum Gasteiger partial charge on any atom is -0.475 e. The number of nitrogens with zero attached hydrogens (tertiary/aromatic N) is 3. The van der Waals surface area contributed by atoms with Crippen LogP contribution in [0.1, 0.15) is 16.4 Å². The summed E-state index contributed by atoms with van der Waals surface area (Å²) >= 11 is 0. The molecular formula is C6H7N3O3. The second kappa shape index (κ2) is 2.72. The fraction of sp³-hybridized carbons (Fsp3) is 0.333. The van der Waals surface area contributed by atoms with E-state index in [1.165, 1.54) is 11.6 Å². The lowest BCUT2D eigenvalue weighted by Crippen LogP contribution is -2.17. The van der Waals surface area contributed by atoms with Crippen LogP contribution in [0.4, 0.5) is 0 Å². The molecule has 6 heteroatoms. The average molecular weight is 169 g/mol. The molecule has 1 N–H and O–H groups in total. The standard InChI is InChI=1S/C6H7N3O3/c1-3-7-8-5(9(3)2)4(10)6(11)12/h1-2H3,(H,11,12). The Balaban J connectivity index is 3.12. The number of hydrogen-bond donors (Lipinski definition) is 1. The van der Waals surface area contributed by atoms with Gasteiger partial charge in [-0.15, -0.1) is 10.2 Å². The zero-order valence-corrected chi connectivity index (χ0v) is 6.61. The van der Waals surface area contributed by atoms with Crippen molar-refractivity contribution in [3.8, 4) is 0 Å². The lowest BCUT2D eigenvalue weighted by atomic mass is 10.4. The van der Waals surface area contributed by atoms with Crippen molar-refractivity contribution in [1.29, 1.82) is 0 Å². The maximum absolute atomic E-state index is 10.9. The van der Waals surface area contributed by atoms with E-state index in [1.54, 1.807) is 6.92 Å². The van der Waals surface area contributed by atoms with Crippen molar-refractivity contribution in [1.82, 2.24) is 14.8 Å². The normalized spacial score (nSPS) is 9.83. The second-order valence-electron chi connectivity index (χ2n) is 2.26. The highest BCUT2D eigenvalue weighted by molar-refractivity contribution is 6.38. The molecule has 1 heterocycles. The van der Waals surface area contributed by atoms with Gasteiger partial charge >= 0.3 is 11.8 Å². The molecule has 0 spiro atoms. The van der Waals surface area contributed by atoms with Crippen molar-refractivity contribution >= 4 is 11.8 Å². The van der Waals surface area contributed by atoms with Gasteiger partial charge in [-0.25, -0.2) is 4.79 Å². The van der Waals surface area contributed by atoms with Crippen molar-refractivity contribution in [2.75, 3.05) is 0 Å². The number of Topliss-reactive ketones (excluding diaryl/α,β-unsaturated/α-hetero) is 1. The minimum atomic E-state index is -1.52. The van der Waals surface area contributed by atoms with Gasteiger partial charge in [0.1, 0.15) is 5.82 Å². The number of aliphatic carboxylic acids is 1. The number of carbonyl (C=O) groups is 2. The third-order valence-electron chi connectivity index (χ3n) is 1.49. The topological polar surface area (TPSA) is 85.1 Å². The molecule has 0 amide bonds.